The summed E-state index contributed by atoms with van der Waals surface area (Å²) in [6.45, 7) is 6.94. The number of piperidine rings is 1. The molecule has 1 aliphatic rings. The predicted octanol–water partition coefficient (Wildman–Crippen LogP) is 5.48. The van der Waals surface area contributed by atoms with Crippen LogP contribution in [0.15, 0.2) is 36.7 Å². The van der Waals surface area contributed by atoms with Gasteiger partial charge < -0.3 is 4.90 Å². The van der Waals surface area contributed by atoms with Gasteiger partial charge in [-0.1, -0.05) is 26.0 Å². The molecule has 0 radical (unpaired) electrons. The molecule has 2 atom stereocenters. The number of hydrogen-bond donors (Lipinski definition) is 0. The van der Waals surface area contributed by atoms with Gasteiger partial charge in [-0.05, 0) is 61.8 Å². The second-order valence-corrected chi connectivity index (χ2v) is 9.71. The van der Waals surface area contributed by atoms with Crippen molar-refractivity contribution in [3.63, 3.8) is 0 Å². The molecule has 1 fully saturated rings. The summed E-state index contributed by atoms with van der Waals surface area (Å²) in [6.07, 6.45) is 8.36. The van der Waals surface area contributed by atoms with E-state index in [0.717, 1.165) is 65.5 Å². The Morgan fingerprint density at radius 3 is 2.62 bits per heavy atom. The van der Waals surface area contributed by atoms with Crippen LogP contribution >= 0.6 is 11.3 Å². The summed E-state index contributed by atoms with van der Waals surface area (Å²) in [5, 5.41) is 0.832. The Balaban J connectivity index is 1.56. The van der Waals surface area contributed by atoms with E-state index in [-0.39, 0.29) is 17.8 Å². The number of benzene rings is 1. The van der Waals surface area contributed by atoms with E-state index < -0.39 is 0 Å². The van der Waals surface area contributed by atoms with Crippen LogP contribution in [-0.4, -0.2) is 38.3 Å². The van der Waals surface area contributed by atoms with Gasteiger partial charge in [0.25, 0.3) is 5.91 Å². The molecule has 32 heavy (non-hydrogen) atoms. The summed E-state index contributed by atoms with van der Waals surface area (Å²) in [6, 6.07) is 6.40. The van der Waals surface area contributed by atoms with Crippen molar-refractivity contribution in [2.45, 2.75) is 58.9 Å². The van der Waals surface area contributed by atoms with E-state index in [1.165, 1.54) is 23.5 Å². The van der Waals surface area contributed by atoms with E-state index in [0.29, 0.717) is 11.6 Å². The summed E-state index contributed by atoms with van der Waals surface area (Å²) < 4.78 is 13.4. The number of thiazole rings is 1. The topological polar surface area (TPSA) is 59.0 Å². The van der Waals surface area contributed by atoms with Crippen LogP contribution in [0.2, 0.25) is 0 Å². The van der Waals surface area contributed by atoms with Gasteiger partial charge in [-0.25, -0.2) is 19.3 Å². The van der Waals surface area contributed by atoms with Gasteiger partial charge in [0.05, 0.1) is 9.88 Å². The molecular weight excluding hydrogens is 423 g/mol. The quantitative estimate of drug-likeness (QED) is 0.497. The second-order valence-electron chi connectivity index (χ2n) is 8.50. The molecule has 3 aromatic rings. The zero-order valence-corrected chi connectivity index (χ0v) is 19.7. The summed E-state index contributed by atoms with van der Waals surface area (Å²) >= 11 is 1.48. The van der Waals surface area contributed by atoms with Gasteiger partial charge in [0.2, 0.25) is 0 Å². The van der Waals surface area contributed by atoms with Crippen molar-refractivity contribution < 1.29 is 9.18 Å². The molecule has 1 aromatic carbocycles. The lowest BCUT2D eigenvalue weighted by Gasteiger charge is -2.40. The maximum atomic E-state index is 13.7. The average molecular weight is 453 g/mol. The summed E-state index contributed by atoms with van der Waals surface area (Å²) in [7, 11) is 0. The molecule has 0 N–H and O–H groups in total. The number of hydrogen-bond acceptors (Lipinski definition) is 5. The van der Waals surface area contributed by atoms with Crippen LogP contribution in [0.5, 0.6) is 0 Å². The SMILES string of the molecule is CCc1cnc(CC[C@@H]2[C@H](C)CCCN2C(=O)c2nc(C)sc2-c2ccc(F)cc2)nc1. The van der Waals surface area contributed by atoms with Crippen molar-refractivity contribution in [1.29, 1.82) is 0 Å². The highest BCUT2D eigenvalue weighted by Gasteiger charge is 2.34. The van der Waals surface area contributed by atoms with Crippen LogP contribution in [0, 0.1) is 18.7 Å². The first kappa shape index (κ1) is 22.5. The lowest BCUT2D eigenvalue weighted by molar-refractivity contribution is 0.0494. The third-order valence-corrected chi connectivity index (χ3v) is 7.27. The second kappa shape index (κ2) is 9.86. The van der Waals surface area contributed by atoms with Crippen LogP contribution in [0.25, 0.3) is 10.4 Å². The standard InChI is InChI=1S/C25H29FN4OS/c1-4-18-14-27-22(28-15-18)12-11-21-16(2)6-5-13-30(21)25(31)23-24(32-17(3)29-23)19-7-9-20(26)10-8-19/h7-10,14-16,21H,4-6,11-13H2,1-3H3/t16-,21-/m1/s1. The fraction of sp³-hybridized carbons (Fsp3) is 0.440. The number of likely N-dealkylation sites (tertiary alicyclic amines) is 1. The molecule has 0 saturated carbocycles. The normalized spacial score (nSPS) is 18.7. The molecule has 0 aliphatic carbocycles. The molecule has 2 aromatic heterocycles. The number of aromatic nitrogens is 3. The lowest BCUT2D eigenvalue weighted by Crippen LogP contribution is -2.48. The van der Waals surface area contributed by atoms with Crippen molar-refractivity contribution in [3.8, 4) is 10.4 Å². The Morgan fingerprint density at radius 1 is 1.22 bits per heavy atom. The predicted molar refractivity (Wildman–Crippen MR) is 125 cm³/mol. The highest BCUT2D eigenvalue weighted by molar-refractivity contribution is 7.15. The molecule has 4 rings (SSSR count). The van der Waals surface area contributed by atoms with E-state index in [9.17, 15) is 9.18 Å². The van der Waals surface area contributed by atoms with Crippen LogP contribution in [0.4, 0.5) is 4.39 Å². The molecule has 5 nitrogen and oxygen atoms in total. The first-order valence-corrected chi connectivity index (χ1v) is 12.1. The monoisotopic (exact) mass is 452 g/mol. The zero-order chi connectivity index (χ0) is 22.7. The molecule has 1 saturated heterocycles. The number of amides is 1. The lowest BCUT2D eigenvalue weighted by atomic mass is 9.87. The minimum atomic E-state index is -0.290. The van der Waals surface area contributed by atoms with Crippen LogP contribution in [0.1, 0.15) is 60.0 Å². The molecular formula is C25H29FN4OS. The number of carbonyl (C=O) groups excluding carboxylic acids is 1. The number of carbonyl (C=O) groups is 1. The molecule has 7 heteroatoms. The van der Waals surface area contributed by atoms with Gasteiger partial charge in [-0.3, -0.25) is 4.79 Å². The Bertz CT molecular complexity index is 1060. The molecule has 0 bridgehead atoms. The zero-order valence-electron chi connectivity index (χ0n) is 18.8. The maximum Gasteiger partial charge on any atom is 0.274 e. The highest BCUT2D eigenvalue weighted by atomic mass is 32.1. The fourth-order valence-corrected chi connectivity index (χ4v) is 5.33. The van der Waals surface area contributed by atoms with Gasteiger partial charge in [0.1, 0.15) is 17.3 Å². The van der Waals surface area contributed by atoms with E-state index >= 15 is 0 Å². The van der Waals surface area contributed by atoms with Gasteiger partial charge in [-0.15, -0.1) is 11.3 Å². The van der Waals surface area contributed by atoms with E-state index in [1.807, 2.05) is 24.2 Å². The van der Waals surface area contributed by atoms with Crippen LogP contribution < -0.4 is 0 Å². The third kappa shape index (κ3) is 4.88. The number of rotatable bonds is 6. The van der Waals surface area contributed by atoms with Gasteiger partial charge in [0.15, 0.2) is 0 Å². The summed E-state index contributed by atoms with van der Waals surface area (Å²) in [4.78, 5) is 30.1. The fourth-order valence-electron chi connectivity index (χ4n) is 4.42. The third-order valence-electron chi connectivity index (χ3n) is 6.25. The van der Waals surface area contributed by atoms with Crippen LogP contribution in [-0.2, 0) is 12.8 Å². The Kier molecular flexibility index (Phi) is 6.94. The van der Waals surface area contributed by atoms with Crippen molar-refractivity contribution in [2.75, 3.05) is 6.54 Å². The first-order valence-electron chi connectivity index (χ1n) is 11.3. The maximum absolute atomic E-state index is 13.7. The average Bonchev–Trinajstić information content (AvgIpc) is 3.20. The molecule has 0 unspecified atom stereocenters. The van der Waals surface area contributed by atoms with E-state index in [1.54, 1.807) is 12.1 Å². The van der Waals surface area contributed by atoms with Crippen molar-refractivity contribution >= 4 is 17.2 Å². The van der Waals surface area contributed by atoms with Gasteiger partial charge in [0, 0.05) is 31.4 Å². The minimum Gasteiger partial charge on any atom is -0.334 e. The largest absolute Gasteiger partial charge is 0.334 e. The Labute approximate surface area is 192 Å². The molecule has 0 spiro atoms. The summed E-state index contributed by atoms with van der Waals surface area (Å²) in [5.74, 6) is 0.898. The Morgan fingerprint density at radius 2 is 1.94 bits per heavy atom. The first-order chi connectivity index (χ1) is 15.5. The Hall–Kier alpha value is -2.67. The number of nitrogens with zero attached hydrogens (tertiary/aromatic N) is 4. The smallest absolute Gasteiger partial charge is 0.274 e. The number of aryl methyl sites for hydroxylation is 3. The van der Waals surface area contributed by atoms with E-state index in [2.05, 4.69) is 28.8 Å². The van der Waals surface area contributed by atoms with Crippen molar-refractivity contribution in [2.24, 2.45) is 5.92 Å². The number of halogens is 1. The van der Waals surface area contributed by atoms with Gasteiger partial charge in [-0.2, -0.15) is 0 Å². The molecule has 1 amide bonds. The highest BCUT2D eigenvalue weighted by Crippen LogP contribution is 2.34. The van der Waals surface area contributed by atoms with E-state index in [4.69, 9.17) is 0 Å². The summed E-state index contributed by atoms with van der Waals surface area (Å²) in [5.41, 5.74) is 2.43. The van der Waals surface area contributed by atoms with Gasteiger partial charge >= 0.3 is 0 Å². The minimum absolute atomic E-state index is 0.0347. The molecule has 3 heterocycles. The van der Waals surface area contributed by atoms with Crippen molar-refractivity contribution in [1.82, 2.24) is 19.9 Å². The van der Waals surface area contributed by atoms with Crippen LogP contribution in [0.3, 0.4) is 0 Å². The van der Waals surface area contributed by atoms with Crippen molar-refractivity contribution in [3.05, 3.63) is 64.6 Å². The molecule has 1 aliphatic heterocycles. The molecule has 168 valence electrons.